The Balaban J connectivity index is 0. The molecule has 0 aromatic carbocycles. The van der Waals surface area contributed by atoms with Gasteiger partial charge in [0.1, 0.15) is 0 Å². The summed E-state index contributed by atoms with van der Waals surface area (Å²) in [6, 6.07) is 0. The van der Waals surface area contributed by atoms with Gasteiger partial charge >= 0.3 is 0 Å². The van der Waals surface area contributed by atoms with Crippen molar-refractivity contribution in [3.05, 3.63) is 0 Å². The first-order valence-corrected chi connectivity index (χ1v) is 6.67. The van der Waals surface area contributed by atoms with Crippen LogP contribution in [0.15, 0.2) is 0 Å². The minimum atomic E-state index is -2.50. The second kappa shape index (κ2) is 8.28. The Morgan fingerprint density at radius 1 is 1.46 bits per heavy atom. The van der Waals surface area contributed by atoms with E-state index >= 15 is 0 Å². The third-order valence-electron chi connectivity index (χ3n) is 1.36. The number of carbonyl (C=O) groups is 1. The normalized spacial score (nSPS) is 11.2. The fourth-order valence-corrected chi connectivity index (χ4v) is 0.996. The van der Waals surface area contributed by atoms with Crippen molar-refractivity contribution in [2.75, 3.05) is 12.5 Å². The van der Waals surface area contributed by atoms with E-state index in [1.807, 2.05) is 6.92 Å². The van der Waals surface area contributed by atoms with Crippen molar-refractivity contribution in [3.8, 4) is 0 Å². The van der Waals surface area contributed by atoms with E-state index in [1.54, 1.807) is 6.92 Å². The van der Waals surface area contributed by atoms with Crippen LogP contribution in [0.1, 0.15) is 13.8 Å². The van der Waals surface area contributed by atoms with Crippen molar-refractivity contribution in [2.45, 2.75) is 19.1 Å². The van der Waals surface area contributed by atoms with Gasteiger partial charge in [-0.25, -0.2) is 0 Å². The topological polar surface area (TPSA) is 74.3 Å². The molecule has 13 heavy (non-hydrogen) atoms. The van der Waals surface area contributed by atoms with E-state index in [2.05, 4.69) is 12.5 Å². The molecule has 4 nitrogen and oxygen atoms in total. The average Bonchev–Trinajstić information content (AvgIpc) is 2.03. The van der Waals surface area contributed by atoms with Crippen LogP contribution in [0, 0.1) is 0 Å². The molecule has 0 rings (SSSR count). The fraction of sp³-hybridized carbons (Fsp3) is 0.714. The summed E-state index contributed by atoms with van der Waals surface area (Å²) in [6.07, 6.45) is 4.18. The zero-order valence-electron chi connectivity index (χ0n) is 8.10. The lowest BCUT2D eigenvalue weighted by molar-refractivity contribution is -0.195. The first-order valence-electron chi connectivity index (χ1n) is 3.43. The summed E-state index contributed by atoms with van der Waals surface area (Å²) < 4.78 is 18.0. The zero-order valence-corrected chi connectivity index (χ0v) is 9.74. The molecule has 0 aliphatic heterocycles. The number of ketones is 1. The van der Waals surface area contributed by atoms with E-state index in [1.165, 1.54) is 0 Å². The van der Waals surface area contributed by atoms with Gasteiger partial charge in [-0.3, -0.25) is 4.79 Å². The van der Waals surface area contributed by atoms with Crippen LogP contribution in [0.4, 0.5) is 0 Å². The SMILES string of the molecule is CC(=O)C(C)[S+](C)C.O=S(=O)=C[O-]. The first-order chi connectivity index (χ1) is 5.82. The fourth-order valence-electron chi connectivity index (χ4n) is 0.332. The molecule has 0 heterocycles. The lowest BCUT2D eigenvalue weighted by atomic mass is 10.3. The maximum atomic E-state index is 10.6. The average molecular weight is 226 g/mol. The van der Waals surface area contributed by atoms with Crippen molar-refractivity contribution in [1.29, 1.82) is 0 Å². The van der Waals surface area contributed by atoms with Crippen LogP contribution in [0.2, 0.25) is 0 Å². The van der Waals surface area contributed by atoms with Gasteiger partial charge in [0, 0.05) is 0 Å². The summed E-state index contributed by atoms with van der Waals surface area (Å²) in [5.74, 6) is 0.304. The van der Waals surface area contributed by atoms with Gasteiger partial charge in [-0.15, -0.1) is 0 Å². The van der Waals surface area contributed by atoms with Crippen molar-refractivity contribution in [1.82, 2.24) is 0 Å². The van der Waals surface area contributed by atoms with Crippen molar-refractivity contribution >= 4 is 32.5 Å². The Kier molecular flexibility index (Phi) is 9.65. The van der Waals surface area contributed by atoms with Crippen LogP contribution in [-0.2, 0) is 26.0 Å². The summed E-state index contributed by atoms with van der Waals surface area (Å²) in [4.78, 5) is 10.6. The van der Waals surface area contributed by atoms with Crippen molar-refractivity contribution < 1.29 is 18.3 Å². The van der Waals surface area contributed by atoms with Gasteiger partial charge in [0.05, 0.1) is 12.5 Å². The Morgan fingerprint density at radius 2 is 1.77 bits per heavy atom. The molecule has 0 bridgehead atoms. The maximum Gasteiger partial charge on any atom is 0.193 e. The third-order valence-corrected chi connectivity index (χ3v) is 3.26. The van der Waals surface area contributed by atoms with Gasteiger partial charge in [0.15, 0.2) is 21.3 Å². The van der Waals surface area contributed by atoms with Crippen LogP contribution >= 0.6 is 0 Å². The first kappa shape index (κ1) is 15.2. The molecular formula is C7H14O4S2. The minimum absolute atomic E-state index is 0.167. The molecule has 0 aliphatic rings. The monoisotopic (exact) mass is 226 g/mol. The predicted octanol–water partition coefficient (Wildman–Crippen LogP) is -1.17. The molecule has 1 atom stereocenters. The van der Waals surface area contributed by atoms with E-state index in [0.29, 0.717) is 5.78 Å². The largest absolute Gasteiger partial charge is 0.821 e. The van der Waals surface area contributed by atoms with Gasteiger partial charge in [-0.05, 0) is 24.7 Å². The molecule has 0 aliphatic carbocycles. The molecule has 0 spiro atoms. The number of rotatable bonds is 2. The van der Waals surface area contributed by atoms with E-state index in [0.717, 1.165) is 0 Å². The Bertz CT molecular complexity index is 258. The summed E-state index contributed by atoms with van der Waals surface area (Å²) in [5, 5.41) is 9.15. The molecule has 78 valence electrons. The standard InChI is InChI=1S/C6H13OS.CH2O3S/c1-5(7)6(2)8(3)4;2-1-5(3)4/h6H,1-4H3;1-2H/q+1;/p-1. The summed E-state index contributed by atoms with van der Waals surface area (Å²) >= 11 is 0. The molecule has 0 N–H and O–H groups in total. The quantitative estimate of drug-likeness (QED) is 0.439. The Morgan fingerprint density at radius 3 is 1.77 bits per heavy atom. The van der Waals surface area contributed by atoms with Crippen LogP contribution in [0.25, 0.3) is 0 Å². The van der Waals surface area contributed by atoms with Gasteiger partial charge in [-0.1, -0.05) is 5.55 Å². The molecule has 0 amide bonds. The van der Waals surface area contributed by atoms with Gasteiger partial charge in [0.25, 0.3) is 0 Å². The predicted molar refractivity (Wildman–Crippen MR) is 54.3 cm³/mol. The smallest absolute Gasteiger partial charge is 0.193 e. The highest BCUT2D eigenvalue weighted by Gasteiger charge is 2.19. The molecule has 6 heteroatoms. The molecule has 0 saturated heterocycles. The summed E-state index contributed by atoms with van der Waals surface area (Å²) in [7, 11) is -2.24. The Hall–Kier alpha value is -0.330. The van der Waals surface area contributed by atoms with E-state index < -0.39 is 10.3 Å². The van der Waals surface area contributed by atoms with Crippen LogP contribution in [0.5, 0.6) is 0 Å². The summed E-state index contributed by atoms with van der Waals surface area (Å²) in [6.45, 7) is 3.63. The molecule has 0 fully saturated rings. The highest BCUT2D eigenvalue weighted by atomic mass is 32.2. The molecule has 1 unspecified atom stereocenters. The van der Waals surface area contributed by atoms with Gasteiger partial charge in [0.2, 0.25) is 0 Å². The van der Waals surface area contributed by atoms with Crippen LogP contribution < -0.4 is 5.11 Å². The van der Waals surface area contributed by atoms with E-state index in [-0.39, 0.29) is 21.7 Å². The van der Waals surface area contributed by atoms with Crippen LogP contribution in [0.3, 0.4) is 0 Å². The van der Waals surface area contributed by atoms with Crippen LogP contribution in [-0.4, -0.2) is 37.5 Å². The molecule has 0 radical (unpaired) electrons. The second-order valence-electron chi connectivity index (χ2n) is 2.49. The second-order valence-corrected chi connectivity index (χ2v) is 5.67. The minimum Gasteiger partial charge on any atom is -0.821 e. The Labute approximate surface area is 82.8 Å². The van der Waals surface area contributed by atoms with E-state index in [9.17, 15) is 4.79 Å². The van der Waals surface area contributed by atoms with Crippen molar-refractivity contribution in [2.24, 2.45) is 0 Å². The molecule has 0 aromatic heterocycles. The summed E-state index contributed by atoms with van der Waals surface area (Å²) in [5.41, 5.74) is -0.167. The number of hydrogen-bond acceptors (Lipinski definition) is 4. The number of Topliss-reactive ketones (excluding diaryl/α,β-unsaturated/α-hetero) is 1. The third kappa shape index (κ3) is 11.7. The number of hydrogen-bond donors (Lipinski definition) is 0. The van der Waals surface area contributed by atoms with Gasteiger partial charge in [-0.2, -0.15) is 8.42 Å². The molecule has 0 aromatic rings. The highest BCUT2D eigenvalue weighted by molar-refractivity contribution is 7.96. The van der Waals surface area contributed by atoms with Gasteiger partial charge < -0.3 is 5.11 Å². The molecular weight excluding hydrogens is 212 g/mol. The number of carbonyl (C=O) groups excluding carboxylic acids is 1. The zero-order chi connectivity index (χ0) is 11.0. The lowest BCUT2D eigenvalue weighted by Gasteiger charge is -2.00. The lowest BCUT2D eigenvalue weighted by Crippen LogP contribution is -2.22. The molecule has 0 saturated carbocycles. The van der Waals surface area contributed by atoms with E-state index in [4.69, 9.17) is 13.5 Å². The van der Waals surface area contributed by atoms with Crippen molar-refractivity contribution in [3.63, 3.8) is 0 Å². The highest BCUT2D eigenvalue weighted by Crippen LogP contribution is 1.98. The maximum absolute atomic E-state index is 10.6.